The molecule has 0 bridgehead atoms. The van der Waals surface area contributed by atoms with Crippen molar-refractivity contribution in [2.45, 2.75) is 13.8 Å². The van der Waals surface area contributed by atoms with Crippen molar-refractivity contribution in [3.05, 3.63) is 71.5 Å². The maximum Gasteiger partial charge on any atom is 0.271 e. The van der Waals surface area contributed by atoms with Gasteiger partial charge in [-0.1, -0.05) is 44.2 Å². The number of hydrogen-bond acceptors (Lipinski definition) is 2. The van der Waals surface area contributed by atoms with Crippen molar-refractivity contribution >= 4 is 11.6 Å². The number of hydrazone groups is 1. The number of benzene rings is 2. The predicted molar refractivity (Wildman–Crippen MR) is 81.7 cm³/mol. The quantitative estimate of drug-likeness (QED) is 0.676. The molecule has 2 aromatic carbocycles. The van der Waals surface area contributed by atoms with E-state index in [0.717, 1.165) is 11.3 Å². The van der Waals surface area contributed by atoms with E-state index in [1.54, 1.807) is 0 Å². The van der Waals surface area contributed by atoms with Crippen LogP contribution in [0.25, 0.3) is 0 Å². The fourth-order valence-electron chi connectivity index (χ4n) is 1.91. The third kappa shape index (κ3) is 3.99. The van der Waals surface area contributed by atoms with Crippen LogP contribution in [0.1, 0.15) is 29.8 Å². The Morgan fingerprint density at radius 1 is 1.00 bits per heavy atom. The van der Waals surface area contributed by atoms with E-state index in [4.69, 9.17) is 0 Å². The van der Waals surface area contributed by atoms with Gasteiger partial charge in [-0.25, -0.2) is 9.82 Å². The number of halogens is 1. The van der Waals surface area contributed by atoms with E-state index in [9.17, 15) is 9.18 Å². The van der Waals surface area contributed by atoms with E-state index in [1.165, 1.54) is 24.3 Å². The number of rotatable bonds is 4. The van der Waals surface area contributed by atoms with Gasteiger partial charge in [0.1, 0.15) is 5.82 Å². The normalized spacial score (nSPS) is 11.5. The zero-order valence-electron chi connectivity index (χ0n) is 12.0. The van der Waals surface area contributed by atoms with Gasteiger partial charge in [-0.3, -0.25) is 4.79 Å². The first-order valence-corrected chi connectivity index (χ1v) is 6.77. The van der Waals surface area contributed by atoms with E-state index in [2.05, 4.69) is 10.5 Å². The van der Waals surface area contributed by atoms with E-state index >= 15 is 0 Å². The standard InChI is InChI=1S/C17H17FN2O/c1-12(2)16(13-6-4-3-5-7-13)19-20-17(21)14-8-10-15(18)11-9-14/h3-12H,1-2H3,(H,20,21). The average molecular weight is 284 g/mol. The Morgan fingerprint density at radius 3 is 2.19 bits per heavy atom. The SMILES string of the molecule is CC(C)C(=NNC(=O)c1ccc(F)cc1)c1ccccc1. The smallest absolute Gasteiger partial charge is 0.267 e. The Balaban J connectivity index is 2.17. The van der Waals surface area contributed by atoms with Crippen LogP contribution in [-0.2, 0) is 0 Å². The Labute approximate surface area is 123 Å². The molecule has 0 aliphatic heterocycles. The van der Waals surface area contributed by atoms with Gasteiger partial charge in [-0.15, -0.1) is 0 Å². The van der Waals surface area contributed by atoms with Gasteiger partial charge in [0.15, 0.2) is 0 Å². The third-order valence-electron chi connectivity index (χ3n) is 3.00. The molecular formula is C17H17FN2O. The Bertz CT molecular complexity index is 634. The van der Waals surface area contributed by atoms with Gasteiger partial charge in [0.2, 0.25) is 0 Å². The van der Waals surface area contributed by atoms with Gasteiger partial charge < -0.3 is 0 Å². The van der Waals surface area contributed by atoms with Crippen LogP contribution in [-0.4, -0.2) is 11.6 Å². The number of nitrogens with zero attached hydrogens (tertiary/aromatic N) is 1. The second-order valence-electron chi connectivity index (χ2n) is 4.97. The highest BCUT2D eigenvalue weighted by molar-refractivity contribution is 6.03. The van der Waals surface area contributed by atoms with Crippen molar-refractivity contribution in [3.8, 4) is 0 Å². The lowest BCUT2D eigenvalue weighted by Gasteiger charge is -2.10. The summed E-state index contributed by atoms with van der Waals surface area (Å²) in [5, 5.41) is 4.22. The average Bonchev–Trinajstić information content (AvgIpc) is 2.48. The fraction of sp³-hybridized carbons (Fsp3) is 0.176. The summed E-state index contributed by atoms with van der Waals surface area (Å²) >= 11 is 0. The first kappa shape index (κ1) is 14.9. The van der Waals surface area contributed by atoms with Crippen LogP contribution in [0.5, 0.6) is 0 Å². The first-order valence-electron chi connectivity index (χ1n) is 6.77. The third-order valence-corrected chi connectivity index (χ3v) is 3.00. The largest absolute Gasteiger partial charge is 0.271 e. The number of carbonyl (C=O) groups is 1. The summed E-state index contributed by atoms with van der Waals surface area (Å²) in [5.41, 5.74) is 4.66. The minimum Gasteiger partial charge on any atom is -0.267 e. The molecule has 0 saturated heterocycles. The Hall–Kier alpha value is -2.49. The molecule has 0 heterocycles. The molecule has 0 spiro atoms. The van der Waals surface area contributed by atoms with Crippen LogP contribution < -0.4 is 5.43 Å². The van der Waals surface area contributed by atoms with Crippen LogP contribution in [0.2, 0.25) is 0 Å². The van der Waals surface area contributed by atoms with Gasteiger partial charge in [0.25, 0.3) is 5.91 Å². The topological polar surface area (TPSA) is 41.5 Å². The summed E-state index contributed by atoms with van der Waals surface area (Å²) in [6.45, 7) is 4.02. The summed E-state index contributed by atoms with van der Waals surface area (Å²) in [7, 11) is 0. The molecule has 0 aliphatic rings. The maximum atomic E-state index is 12.8. The predicted octanol–water partition coefficient (Wildman–Crippen LogP) is 3.62. The molecule has 0 aliphatic carbocycles. The van der Waals surface area contributed by atoms with Gasteiger partial charge in [-0.2, -0.15) is 5.10 Å². The monoisotopic (exact) mass is 284 g/mol. The molecule has 0 radical (unpaired) electrons. The van der Waals surface area contributed by atoms with Gasteiger partial charge in [-0.05, 0) is 35.7 Å². The van der Waals surface area contributed by atoms with Crippen LogP contribution in [0, 0.1) is 11.7 Å². The van der Waals surface area contributed by atoms with E-state index in [-0.39, 0.29) is 17.6 Å². The second-order valence-corrected chi connectivity index (χ2v) is 4.97. The molecule has 0 aromatic heterocycles. The summed E-state index contributed by atoms with van der Waals surface area (Å²) in [4.78, 5) is 12.0. The van der Waals surface area contributed by atoms with Gasteiger partial charge in [0.05, 0.1) is 5.71 Å². The van der Waals surface area contributed by atoms with Crippen LogP contribution in [0.3, 0.4) is 0 Å². The molecule has 21 heavy (non-hydrogen) atoms. The molecule has 108 valence electrons. The summed E-state index contributed by atoms with van der Waals surface area (Å²) < 4.78 is 12.8. The molecule has 0 fully saturated rings. The summed E-state index contributed by atoms with van der Waals surface area (Å²) in [6.07, 6.45) is 0. The lowest BCUT2D eigenvalue weighted by Crippen LogP contribution is -2.22. The van der Waals surface area contributed by atoms with Crippen molar-refractivity contribution in [2.24, 2.45) is 11.0 Å². The zero-order chi connectivity index (χ0) is 15.2. The highest BCUT2D eigenvalue weighted by atomic mass is 19.1. The van der Waals surface area contributed by atoms with Crippen molar-refractivity contribution < 1.29 is 9.18 Å². The number of hydrogen-bond donors (Lipinski definition) is 1. The minimum atomic E-state index is -0.373. The van der Waals surface area contributed by atoms with Crippen molar-refractivity contribution in [1.29, 1.82) is 0 Å². The number of nitrogens with one attached hydrogen (secondary N) is 1. The van der Waals surface area contributed by atoms with E-state index in [0.29, 0.717) is 5.56 Å². The molecule has 0 unspecified atom stereocenters. The molecule has 3 nitrogen and oxygen atoms in total. The Morgan fingerprint density at radius 2 is 1.62 bits per heavy atom. The molecule has 0 saturated carbocycles. The molecule has 2 aromatic rings. The molecule has 1 N–H and O–H groups in total. The van der Waals surface area contributed by atoms with E-state index < -0.39 is 0 Å². The van der Waals surface area contributed by atoms with Gasteiger partial charge in [0, 0.05) is 5.56 Å². The minimum absolute atomic E-state index is 0.168. The lowest BCUT2D eigenvalue weighted by atomic mass is 10.0. The molecule has 2 rings (SSSR count). The fourth-order valence-corrected chi connectivity index (χ4v) is 1.91. The summed E-state index contributed by atoms with van der Waals surface area (Å²) in [6, 6.07) is 15.0. The highest BCUT2D eigenvalue weighted by Crippen LogP contribution is 2.09. The van der Waals surface area contributed by atoms with Crippen LogP contribution in [0.15, 0.2) is 59.7 Å². The Kier molecular flexibility index (Phi) is 4.82. The molecule has 0 atom stereocenters. The lowest BCUT2D eigenvalue weighted by molar-refractivity contribution is 0.0954. The van der Waals surface area contributed by atoms with Crippen molar-refractivity contribution in [1.82, 2.24) is 5.43 Å². The zero-order valence-corrected chi connectivity index (χ0v) is 12.0. The van der Waals surface area contributed by atoms with Gasteiger partial charge >= 0.3 is 0 Å². The van der Waals surface area contributed by atoms with E-state index in [1.807, 2.05) is 44.2 Å². The molecular weight excluding hydrogens is 267 g/mol. The van der Waals surface area contributed by atoms with Crippen LogP contribution in [0.4, 0.5) is 4.39 Å². The summed E-state index contributed by atoms with van der Waals surface area (Å²) in [5.74, 6) is -0.563. The molecule has 4 heteroatoms. The number of carbonyl (C=O) groups excluding carboxylic acids is 1. The van der Waals surface area contributed by atoms with Crippen molar-refractivity contribution in [3.63, 3.8) is 0 Å². The number of amides is 1. The first-order chi connectivity index (χ1) is 10.1. The van der Waals surface area contributed by atoms with Crippen molar-refractivity contribution in [2.75, 3.05) is 0 Å². The molecule has 1 amide bonds. The second kappa shape index (κ2) is 6.79. The van der Waals surface area contributed by atoms with Crippen LogP contribution >= 0.6 is 0 Å². The highest BCUT2D eigenvalue weighted by Gasteiger charge is 2.10. The maximum absolute atomic E-state index is 12.8.